The third-order valence-electron chi connectivity index (χ3n) is 3.68. The Hall–Kier alpha value is -2.59. The van der Waals surface area contributed by atoms with Crippen LogP contribution in [0.3, 0.4) is 0 Å². The van der Waals surface area contributed by atoms with Gasteiger partial charge in [-0.2, -0.15) is 0 Å². The zero-order chi connectivity index (χ0) is 18.6. The topological polar surface area (TPSA) is 63.6 Å². The number of carboxylic acid groups (broad SMARTS) is 1. The molecule has 0 bridgehead atoms. The Kier molecular flexibility index (Phi) is 5.99. The SMILES string of the molecule is Cc1cc(/C=C/C(=O)c2ccc(Cl)cc2)cc(C)c1OC(C)C(=O)O. The van der Waals surface area contributed by atoms with E-state index in [0.29, 0.717) is 16.3 Å². The van der Waals surface area contributed by atoms with Gasteiger partial charge in [0.1, 0.15) is 5.75 Å². The first kappa shape index (κ1) is 18.7. The molecule has 25 heavy (non-hydrogen) atoms. The molecule has 1 atom stereocenters. The van der Waals surface area contributed by atoms with E-state index >= 15 is 0 Å². The number of carbonyl (C=O) groups excluding carboxylic acids is 1. The molecule has 4 nitrogen and oxygen atoms in total. The fraction of sp³-hybridized carbons (Fsp3) is 0.200. The van der Waals surface area contributed by atoms with E-state index < -0.39 is 12.1 Å². The Bertz CT molecular complexity index is 799. The van der Waals surface area contributed by atoms with E-state index in [9.17, 15) is 9.59 Å². The predicted octanol–water partition coefficient (Wildman–Crippen LogP) is 4.70. The van der Waals surface area contributed by atoms with Crippen molar-refractivity contribution in [1.29, 1.82) is 0 Å². The number of carboxylic acids is 1. The van der Waals surface area contributed by atoms with E-state index in [2.05, 4.69) is 0 Å². The summed E-state index contributed by atoms with van der Waals surface area (Å²) in [4.78, 5) is 23.1. The molecule has 0 radical (unpaired) electrons. The number of benzene rings is 2. The summed E-state index contributed by atoms with van der Waals surface area (Å²) in [6.07, 6.45) is 2.30. The summed E-state index contributed by atoms with van der Waals surface area (Å²) in [5.41, 5.74) is 3.02. The van der Waals surface area contributed by atoms with Crippen LogP contribution in [0.2, 0.25) is 5.02 Å². The van der Waals surface area contributed by atoms with Crippen molar-refractivity contribution in [2.45, 2.75) is 26.9 Å². The number of hydrogen-bond acceptors (Lipinski definition) is 3. The van der Waals surface area contributed by atoms with Gasteiger partial charge in [-0.05, 0) is 79.9 Å². The van der Waals surface area contributed by atoms with E-state index in [1.807, 2.05) is 26.0 Å². The molecule has 0 aliphatic rings. The molecule has 2 aromatic rings. The molecule has 0 spiro atoms. The van der Waals surface area contributed by atoms with Crippen LogP contribution >= 0.6 is 11.6 Å². The first-order chi connectivity index (χ1) is 11.8. The maximum Gasteiger partial charge on any atom is 0.344 e. The number of carbonyl (C=O) groups is 2. The van der Waals surface area contributed by atoms with E-state index in [1.165, 1.54) is 13.0 Å². The van der Waals surface area contributed by atoms with Crippen LogP contribution in [0.1, 0.15) is 34.0 Å². The second-order valence-corrected chi connectivity index (χ2v) is 6.22. The summed E-state index contributed by atoms with van der Waals surface area (Å²) < 4.78 is 5.50. The molecule has 0 aliphatic heterocycles. The summed E-state index contributed by atoms with van der Waals surface area (Å²) in [6, 6.07) is 10.4. The van der Waals surface area contributed by atoms with Crippen LogP contribution in [0.25, 0.3) is 6.08 Å². The monoisotopic (exact) mass is 358 g/mol. The average molecular weight is 359 g/mol. The highest BCUT2D eigenvalue weighted by molar-refractivity contribution is 6.30. The standard InChI is InChI=1S/C20H19ClO4/c1-12-10-15(11-13(2)19(12)25-14(3)20(23)24)4-9-18(22)16-5-7-17(21)8-6-16/h4-11,14H,1-3H3,(H,23,24)/b9-4+. The van der Waals surface area contributed by atoms with Gasteiger partial charge in [0, 0.05) is 10.6 Å². The quantitative estimate of drug-likeness (QED) is 0.600. The second kappa shape index (κ2) is 7.99. The summed E-state index contributed by atoms with van der Waals surface area (Å²) in [6.45, 7) is 5.17. The van der Waals surface area contributed by atoms with Crippen molar-refractivity contribution < 1.29 is 19.4 Å². The Morgan fingerprint density at radius 1 is 1.12 bits per heavy atom. The molecule has 0 amide bonds. The normalized spacial score (nSPS) is 12.2. The molecule has 1 N–H and O–H groups in total. The van der Waals surface area contributed by atoms with Gasteiger partial charge >= 0.3 is 5.97 Å². The molecular weight excluding hydrogens is 340 g/mol. The average Bonchev–Trinajstić information content (AvgIpc) is 2.56. The fourth-order valence-corrected chi connectivity index (χ4v) is 2.50. The van der Waals surface area contributed by atoms with Crippen LogP contribution in [0.15, 0.2) is 42.5 Å². The highest BCUT2D eigenvalue weighted by atomic mass is 35.5. The van der Waals surface area contributed by atoms with Gasteiger partial charge in [0.05, 0.1) is 0 Å². The van der Waals surface area contributed by atoms with Gasteiger partial charge in [-0.25, -0.2) is 4.79 Å². The van der Waals surface area contributed by atoms with Crippen LogP contribution < -0.4 is 4.74 Å². The highest BCUT2D eigenvalue weighted by Gasteiger charge is 2.15. The maximum absolute atomic E-state index is 12.2. The third kappa shape index (κ3) is 4.94. The number of allylic oxidation sites excluding steroid dienone is 1. The molecule has 0 saturated carbocycles. The minimum atomic E-state index is -1.02. The van der Waals surface area contributed by atoms with Gasteiger partial charge in [-0.15, -0.1) is 0 Å². The Morgan fingerprint density at radius 3 is 2.20 bits per heavy atom. The number of rotatable bonds is 6. The number of hydrogen-bond donors (Lipinski definition) is 1. The number of ether oxygens (including phenoxy) is 1. The van der Waals surface area contributed by atoms with Gasteiger partial charge in [-0.1, -0.05) is 17.7 Å². The summed E-state index contributed by atoms with van der Waals surface area (Å²) in [5.74, 6) is -0.584. The summed E-state index contributed by atoms with van der Waals surface area (Å²) >= 11 is 5.82. The molecule has 0 aromatic heterocycles. The lowest BCUT2D eigenvalue weighted by Gasteiger charge is -2.16. The van der Waals surface area contributed by atoms with Crippen LogP contribution in [-0.4, -0.2) is 23.0 Å². The van der Waals surface area contributed by atoms with E-state index in [1.54, 1.807) is 30.3 Å². The van der Waals surface area contributed by atoms with Gasteiger partial charge in [0.15, 0.2) is 11.9 Å². The van der Waals surface area contributed by atoms with Crippen molar-refractivity contribution in [1.82, 2.24) is 0 Å². The Labute approximate surface area is 151 Å². The van der Waals surface area contributed by atoms with Crippen LogP contribution in [0.4, 0.5) is 0 Å². The molecule has 0 saturated heterocycles. The molecule has 130 valence electrons. The molecule has 0 fully saturated rings. The number of aryl methyl sites for hydroxylation is 2. The number of halogens is 1. The largest absolute Gasteiger partial charge is 0.479 e. The first-order valence-electron chi connectivity index (χ1n) is 7.76. The van der Waals surface area contributed by atoms with E-state index in [0.717, 1.165) is 16.7 Å². The van der Waals surface area contributed by atoms with Crippen molar-refractivity contribution in [3.8, 4) is 5.75 Å². The van der Waals surface area contributed by atoms with Crippen LogP contribution in [-0.2, 0) is 4.79 Å². The van der Waals surface area contributed by atoms with Gasteiger partial charge in [0.2, 0.25) is 0 Å². The highest BCUT2D eigenvalue weighted by Crippen LogP contribution is 2.26. The van der Waals surface area contributed by atoms with Crippen molar-refractivity contribution in [2.24, 2.45) is 0 Å². The van der Waals surface area contributed by atoms with Crippen molar-refractivity contribution in [3.63, 3.8) is 0 Å². The third-order valence-corrected chi connectivity index (χ3v) is 3.93. The minimum absolute atomic E-state index is 0.119. The maximum atomic E-state index is 12.2. The Balaban J connectivity index is 2.19. The second-order valence-electron chi connectivity index (χ2n) is 5.79. The van der Waals surface area contributed by atoms with E-state index in [4.69, 9.17) is 21.4 Å². The van der Waals surface area contributed by atoms with Gasteiger partial charge in [0.25, 0.3) is 0 Å². The fourth-order valence-electron chi connectivity index (χ4n) is 2.38. The zero-order valence-corrected chi connectivity index (χ0v) is 15.0. The smallest absolute Gasteiger partial charge is 0.344 e. The molecule has 2 aromatic carbocycles. The van der Waals surface area contributed by atoms with E-state index in [-0.39, 0.29) is 5.78 Å². The lowest BCUT2D eigenvalue weighted by Crippen LogP contribution is -2.23. The predicted molar refractivity (Wildman–Crippen MR) is 98.5 cm³/mol. The number of aliphatic carboxylic acids is 1. The Morgan fingerprint density at radius 2 is 1.68 bits per heavy atom. The summed E-state index contributed by atoms with van der Waals surface area (Å²) in [7, 11) is 0. The minimum Gasteiger partial charge on any atom is -0.479 e. The molecule has 2 rings (SSSR count). The van der Waals surface area contributed by atoms with Crippen molar-refractivity contribution in [2.75, 3.05) is 0 Å². The zero-order valence-electron chi connectivity index (χ0n) is 14.2. The van der Waals surface area contributed by atoms with Crippen molar-refractivity contribution in [3.05, 3.63) is 69.8 Å². The van der Waals surface area contributed by atoms with Crippen LogP contribution in [0.5, 0.6) is 5.75 Å². The molecule has 1 unspecified atom stereocenters. The molecule has 5 heteroatoms. The molecule has 0 aliphatic carbocycles. The van der Waals surface area contributed by atoms with Gasteiger partial charge in [-0.3, -0.25) is 4.79 Å². The van der Waals surface area contributed by atoms with Crippen molar-refractivity contribution >= 4 is 29.4 Å². The lowest BCUT2D eigenvalue weighted by atomic mass is 10.0. The molecular formula is C20H19ClO4. The lowest BCUT2D eigenvalue weighted by molar-refractivity contribution is -0.144. The summed E-state index contributed by atoms with van der Waals surface area (Å²) in [5, 5.41) is 9.55. The first-order valence-corrected chi connectivity index (χ1v) is 8.14. The number of ketones is 1. The van der Waals surface area contributed by atoms with Crippen LogP contribution in [0, 0.1) is 13.8 Å². The van der Waals surface area contributed by atoms with Gasteiger partial charge < -0.3 is 9.84 Å². The molecule has 0 heterocycles.